The van der Waals surface area contributed by atoms with Gasteiger partial charge < -0.3 is 4.74 Å². The van der Waals surface area contributed by atoms with Crippen LogP contribution in [0.2, 0.25) is 0 Å². The summed E-state index contributed by atoms with van der Waals surface area (Å²) in [5.74, 6) is -6.56. The summed E-state index contributed by atoms with van der Waals surface area (Å²) in [6.45, 7) is -1.20. The Hall–Kier alpha value is -2.18. The molecule has 0 unspecified atom stereocenters. The standard InChI is InChI=1S/C26H30F6O/c1-2-3-4-5-17-8-12-21(13-9-17)26(31,32)16-18-6-10-19(11-7-18)20-14-22(27)24(23(28)15-20)33-25(29)30/h6-7,10-11,14-15,17,21,25H,2-5,8-9,12-13,16H2,1H3. The van der Waals surface area contributed by atoms with E-state index in [2.05, 4.69) is 11.7 Å². The van der Waals surface area contributed by atoms with Gasteiger partial charge in [-0.3, -0.25) is 0 Å². The van der Waals surface area contributed by atoms with Crippen LogP contribution >= 0.6 is 0 Å². The molecule has 182 valence electrons. The summed E-state index contributed by atoms with van der Waals surface area (Å²) in [6, 6.07) is 7.78. The number of ether oxygens (including phenoxy) is 1. The fraction of sp³-hybridized carbons (Fsp3) is 0.538. The smallest absolute Gasteiger partial charge is 0.387 e. The third kappa shape index (κ3) is 6.90. The van der Waals surface area contributed by atoms with Gasteiger partial charge in [-0.05, 0) is 60.4 Å². The first-order valence-electron chi connectivity index (χ1n) is 11.6. The number of halogens is 6. The molecule has 1 nitrogen and oxygen atoms in total. The lowest BCUT2D eigenvalue weighted by atomic mass is 9.76. The van der Waals surface area contributed by atoms with Gasteiger partial charge >= 0.3 is 6.61 Å². The van der Waals surface area contributed by atoms with Gasteiger partial charge in [0.05, 0.1) is 0 Å². The molecule has 1 aliphatic carbocycles. The molecule has 0 atom stereocenters. The fourth-order valence-electron chi connectivity index (χ4n) is 4.72. The van der Waals surface area contributed by atoms with Crippen molar-refractivity contribution in [3.05, 3.63) is 53.6 Å². The van der Waals surface area contributed by atoms with E-state index < -0.39 is 35.8 Å². The zero-order chi connectivity index (χ0) is 24.0. The normalized spacial score (nSPS) is 19.2. The zero-order valence-corrected chi connectivity index (χ0v) is 18.7. The quantitative estimate of drug-likeness (QED) is 0.248. The van der Waals surface area contributed by atoms with Crippen molar-refractivity contribution in [3.63, 3.8) is 0 Å². The molecule has 0 heterocycles. The second-order valence-corrected chi connectivity index (χ2v) is 9.00. The Morgan fingerprint density at radius 3 is 2.06 bits per heavy atom. The second kappa shape index (κ2) is 11.3. The lowest BCUT2D eigenvalue weighted by Gasteiger charge is -2.34. The van der Waals surface area contributed by atoms with Crippen LogP contribution in [0.1, 0.15) is 63.9 Å². The van der Waals surface area contributed by atoms with Crippen molar-refractivity contribution >= 4 is 0 Å². The van der Waals surface area contributed by atoms with Crippen molar-refractivity contribution in [2.75, 3.05) is 0 Å². The molecule has 2 aromatic carbocycles. The first-order chi connectivity index (χ1) is 15.7. The molecular weight excluding hydrogens is 442 g/mol. The molecule has 0 spiro atoms. The predicted octanol–water partition coefficient (Wildman–Crippen LogP) is 8.80. The summed E-state index contributed by atoms with van der Waals surface area (Å²) in [7, 11) is 0. The first kappa shape index (κ1) is 25.4. The van der Waals surface area contributed by atoms with Gasteiger partial charge in [-0.2, -0.15) is 8.78 Å². The topological polar surface area (TPSA) is 9.23 Å². The van der Waals surface area contributed by atoms with E-state index in [9.17, 15) is 26.3 Å². The molecule has 7 heteroatoms. The molecule has 0 radical (unpaired) electrons. The monoisotopic (exact) mass is 472 g/mol. The van der Waals surface area contributed by atoms with Gasteiger partial charge in [-0.1, -0.05) is 56.9 Å². The molecule has 0 saturated heterocycles. The van der Waals surface area contributed by atoms with Crippen LogP contribution in [0.4, 0.5) is 26.3 Å². The zero-order valence-electron chi connectivity index (χ0n) is 18.7. The van der Waals surface area contributed by atoms with Crippen LogP contribution in [0.3, 0.4) is 0 Å². The van der Waals surface area contributed by atoms with Crippen molar-refractivity contribution in [1.82, 2.24) is 0 Å². The summed E-state index contributed by atoms with van der Waals surface area (Å²) < 4.78 is 86.3. The van der Waals surface area contributed by atoms with Gasteiger partial charge in [0.1, 0.15) is 0 Å². The molecule has 0 N–H and O–H groups in total. The predicted molar refractivity (Wildman–Crippen MR) is 117 cm³/mol. The van der Waals surface area contributed by atoms with Crippen molar-refractivity contribution in [2.45, 2.75) is 77.2 Å². The van der Waals surface area contributed by atoms with E-state index in [1.165, 1.54) is 37.1 Å². The number of unbranched alkanes of at least 4 members (excludes halogenated alkanes) is 2. The van der Waals surface area contributed by atoms with E-state index in [-0.39, 0.29) is 12.0 Å². The number of alkyl halides is 4. The summed E-state index contributed by atoms with van der Waals surface area (Å²) in [4.78, 5) is 0. The number of rotatable bonds is 10. The third-order valence-electron chi connectivity index (χ3n) is 6.59. The third-order valence-corrected chi connectivity index (χ3v) is 6.59. The lowest BCUT2D eigenvalue weighted by molar-refractivity contribution is -0.0746. The largest absolute Gasteiger partial charge is 0.429 e. The lowest BCUT2D eigenvalue weighted by Crippen LogP contribution is -2.34. The van der Waals surface area contributed by atoms with Crippen molar-refractivity contribution in [2.24, 2.45) is 11.8 Å². The summed E-state index contributed by atoms with van der Waals surface area (Å²) in [6.07, 6.45) is 7.04. The van der Waals surface area contributed by atoms with Crippen molar-refractivity contribution < 1.29 is 31.1 Å². The Bertz CT molecular complexity index is 865. The molecule has 0 aliphatic heterocycles. The Labute approximate surface area is 191 Å². The maximum atomic E-state index is 14.9. The van der Waals surface area contributed by atoms with Crippen LogP contribution in [0.15, 0.2) is 36.4 Å². The minimum absolute atomic E-state index is 0.103. The van der Waals surface area contributed by atoms with Crippen LogP contribution in [0.25, 0.3) is 11.1 Å². The maximum Gasteiger partial charge on any atom is 0.387 e. The van der Waals surface area contributed by atoms with Crippen LogP contribution in [0, 0.1) is 23.5 Å². The molecule has 0 amide bonds. The maximum absolute atomic E-state index is 14.9. The Morgan fingerprint density at radius 1 is 0.909 bits per heavy atom. The van der Waals surface area contributed by atoms with E-state index in [1.54, 1.807) is 0 Å². The minimum atomic E-state index is -3.35. The fourth-order valence-corrected chi connectivity index (χ4v) is 4.72. The van der Waals surface area contributed by atoms with Gasteiger partial charge in [0.25, 0.3) is 5.92 Å². The molecule has 0 aromatic heterocycles. The summed E-state index contributed by atoms with van der Waals surface area (Å²) in [5.41, 5.74) is 0.926. The summed E-state index contributed by atoms with van der Waals surface area (Å²) in [5, 5.41) is 0. The van der Waals surface area contributed by atoms with E-state index >= 15 is 0 Å². The van der Waals surface area contributed by atoms with Gasteiger partial charge in [0, 0.05) is 12.3 Å². The van der Waals surface area contributed by atoms with Crippen LogP contribution in [-0.4, -0.2) is 12.5 Å². The van der Waals surface area contributed by atoms with Gasteiger partial charge in [-0.15, -0.1) is 0 Å². The molecule has 1 saturated carbocycles. The van der Waals surface area contributed by atoms with Gasteiger partial charge in [0.15, 0.2) is 17.4 Å². The van der Waals surface area contributed by atoms with Crippen LogP contribution < -0.4 is 4.74 Å². The average Bonchev–Trinajstić information content (AvgIpc) is 2.77. The Morgan fingerprint density at radius 2 is 1.52 bits per heavy atom. The van der Waals surface area contributed by atoms with Crippen LogP contribution in [0.5, 0.6) is 5.75 Å². The van der Waals surface area contributed by atoms with Crippen LogP contribution in [-0.2, 0) is 6.42 Å². The Kier molecular flexibility index (Phi) is 8.71. The highest BCUT2D eigenvalue weighted by atomic mass is 19.3. The van der Waals surface area contributed by atoms with Gasteiger partial charge in [-0.25, -0.2) is 17.6 Å². The van der Waals surface area contributed by atoms with Crippen molar-refractivity contribution in [3.8, 4) is 16.9 Å². The molecule has 1 fully saturated rings. The van der Waals surface area contributed by atoms with E-state index in [1.807, 2.05) is 0 Å². The number of benzene rings is 2. The highest BCUT2D eigenvalue weighted by Crippen LogP contribution is 2.42. The molecule has 3 rings (SSSR count). The van der Waals surface area contributed by atoms with E-state index in [0.717, 1.165) is 37.8 Å². The molecule has 33 heavy (non-hydrogen) atoms. The second-order valence-electron chi connectivity index (χ2n) is 9.00. The SMILES string of the molecule is CCCCCC1CCC(C(F)(F)Cc2ccc(-c3cc(F)c(OC(F)F)c(F)c3)cc2)CC1. The highest BCUT2D eigenvalue weighted by Gasteiger charge is 2.41. The number of hydrogen-bond acceptors (Lipinski definition) is 1. The van der Waals surface area contributed by atoms with E-state index in [4.69, 9.17) is 0 Å². The molecule has 0 bridgehead atoms. The van der Waals surface area contributed by atoms with Gasteiger partial charge in [0.2, 0.25) is 0 Å². The summed E-state index contributed by atoms with van der Waals surface area (Å²) >= 11 is 0. The molecular formula is C26H30F6O. The number of hydrogen-bond donors (Lipinski definition) is 0. The van der Waals surface area contributed by atoms with E-state index in [0.29, 0.717) is 29.9 Å². The first-order valence-corrected chi connectivity index (χ1v) is 11.6. The highest BCUT2D eigenvalue weighted by molar-refractivity contribution is 5.65. The Balaban J connectivity index is 1.61. The molecule has 1 aliphatic rings. The average molecular weight is 473 g/mol. The molecule has 2 aromatic rings. The van der Waals surface area contributed by atoms with Crippen molar-refractivity contribution in [1.29, 1.82) is 0 Å². The minimum Gasteiger partial charge on any atom is -0.429 e.